The molecular formula is C24H22ClFN4O3S. The summed E-state index contributed by atoms with van der Waals surface area (Å²) in [7, 11) is 0. The molecule has 0 radical (unpaired) electrons. The van der Waals surface area contributed by atoms with Gasteiger partial charge >= 0.3 is 0 Å². The highest BCUT2D eigenvalue weighted by Gasteiger charge is 2.37. The first-order valence-corrected chi connectivity index (χ1v) is 12.2. The van der Waals surface area contributed by atoms with E-state index in [1.54, 1.807) is 46.8 Å². The van der Waals surface area contributed by atoms with Crippen LogP contribution in [0.1, 0.15) is 20.2 Å². The van der Waals surface area contributed by atoms with Gasteiger partial charge in [0.15, 0.2) is 16.6 Å². The van der Waals surface area contributed by atoms with Crippen LogP contribution in [0.2, 0.25) is 5.02 Å². The van der Waals surface area contributed by atoms with E-state index in [9.17, 15) is 14.0 Å². The van der Waals surface area contributed by atoms with Crippen molar-refractivity contribution in [1.29, 1.82) is 0 Å². The number of thiazole rings is 1. The number of hydrogen-bond donors (Lipinski definition) is 0. The lowest BCUT2D eigenvalue weighted by Crippen LogP contribution is -2.64. The van der Waals surface area contributed by atoms with Gasteiger partial charge in [0.1, 0.15) is 5.75 Å². The Morgan fingerprint density at radius 3 is 2.50 bits per heavy atom. The van der Waals surface area contributed by atoms with Crippen LogP contribution < -0.4 is 4.74 Å². The van der Waals surface area contributed by atoms with Gasteiger partial charge in [-0.15, -0.1) is 11.3 Å². The van der Waals surface area contributed by atoms with Crippen molar-refractivity contribution in [2.45, 2.75) is 6.04 Å². The molecule has 34 heavy (non-hydrogen) atoms. The van der Waals surface area contributed by atoms with E-state index in [-0.39, 0.29) is 29.2 Å². The van der Waals surface area contributed by atoms with Crippen molar-refractivity contribution in [3.05, 3.63) is 75.5 Å². The molecule has 0 bridgehead atoms. The highest BCUT2D eigenvalue weighted by atomic mass is 35.5. The maximum atomic E-state index is 14.6. The largest absolute Gasteiger partial charge is 0.454 e. The smallest absolute Gasteiger partial charge is 0.282 e. The van der Waals surface area contributed by atoms with Crippen LogP contribution in [-0.4, -0.2) is 76.8 Å². The molecule has 2 saturated heterocycles. The highest BCUT2D eigenvalue weighted by Crippen LogP contribution is 2.28. The molecule has 0 saturated carbocycles. The first-order chi connectivity index (χ1) is 16.5. The van der Waals surface area contributed by atoms with Crippen molar-refractivity contribution in [2.24, 2.45) is 0 Å². The minimum Gasteiger partial charge on any atom is -0.454 e. The summed E-state index contributed by atoms with van der Waals surface area (Å²) >= 11 is 7.29. The fourth-order valence-electron chi connectivity index (χ4n) is 4.16. The molecule has 3 aromatic rings. The van der Waals surface area contributed by atoms with Gasteiger partial charge < -0.3 is 14.5 Å². The van der Waals surface area contributed by atoms with E-state index in [0.717, 1.165) is 13.1 Å². The van der Waals surface area contributed by atoms with Gasteiger partial charge in [-0.05, 0) is 36.4 Å². The number of piperazine rings is 1. The second kappa shape index (κ2) is 9.69. The second-order valence-electron chi connectivity index (χ2n) is 8.23. The van der Waals surface area contributed by atoms with E-state index in [1.165, 1.54) is 23.5 Å². The lowest BCUT2D eigenvalue weighted by molar-refractivity contribution is 0.00851. The van der Waals surface area contributed by atoms with Gasteiger partial charge in [-0.1, -0.05) is 17.7 Å². The van der Waals surface area contributed by atoms with E-state index in [2.05, 4.69) is 9.88 Å². The van der Waals surface area contributed by atoms with Gasteiger partial charge in [0, 0.05) is 67.5 Å². The molecule has 0 atom stereocenters. The molecular weight excluding hydrogens is 479 g/mol. The molecule has 2 aromatic carbocycles. The normalized spacial score (nSPS) is 16.9. The Labute approximate surface area is 205 Å². The Hall–Kier alpha value is -3.01. The number of ether oxygens (including phenoxy) is 1. The molecule has 2 aliphatic heterocycles. The van der Waals surface area contributed by atoms with Crippen LogP contribution in [0.15, 0.2) is 54.0 Å². The zero-order valence-electron chi connectivity index (χ0n) is 18.2. The molecule has 2 amide bonds. The van der Waals surface area contributed by atoms with Crippen molar-refractivity contribution < 1.29 is 18.7 Å². The monoisotopic (exact) mass is 500 g/mol. The predicted molar refractivity (Wildman–Crippen MR) is 127 cm³/mol. The van der Waals surface area contributed by atoms with Crippen LogP contribution in [0.5, 0.6) is 11.5 Å². The molecule has 2 fully saturated rings. The van der Waals surface area contributed by atoms with Crippen LogP contribution in [0.25, 0.3) is 0 Å². The number of likely N-dealkylation sites (tertiary alicyclic amines) is 1. The molecule has 0 aliphatic carbocycles. The standard InChI is InChI=1S/C24H22ClFN4O3S/c25-17-2-1-3-19(13-17)33-21-5-4-16(12-20(21)26)23(31)30-14-18(15-30)28-7-9-29(10-8-28)24(32)22-27-6-11-34-22/h1-6,11-13,18H,7-10,14-15H2. The highest BCUT2D eigenvalue weighted by molar-refractivity contribution is 7.11. The lowest BCUT2D eigenvalue weighted by atomic mass is 10.0. The molecule has 3 heterocycles. The third-order valence-electron chi connectivity index (χ3n) is 6.09. The summed E-state index contributed by atoms with van der Waals surface area (Å²) in [5, 5.41) is 2.81. The van der Waals surface area contributed by atoms with E-state index in [4.69, 9.17) is 16.3 Å². The Balaban J connectivity index is 1.13. The van der Waals surface area contributed by atoms with Crippen molar-refractivity contribution in [1.82, 2.24) is 19.7 Å². The minimum absolute atomic E-state index is 0.0233. The van der Waals surface area contributed by atoms with E-state index in [1.807, 2.05) is 4.90 Å². The number of hydrogen-bond acceptors (Lipinski definition) is 6. The Morgan fingerprint density at radius 2 is 1.82 bits per heavy atom. The van der Waals surface area contributed by atoms with E-state index < -0.39 is 5.82 Å². The minimum atomic E-state index is -0.607. The predicted octanol–water partition coefficient (Wildman–Crippen LogP) is 4.01. The van der Waals surface area contributed by atoms with Crippen molar-refractivity contribution in [3.8, 4) is 11.5 Å². The molecule has 1 aromatic heterocycles. The average molecular weight is 501 g/mol. The number of carbonyl (C=O) groups is 2. The van der Waals surface area contributed by atoms with Crippen LogP contribution in [0.3, 0.4) is 0 Å². The molecule has 7 nitrogen and oxygen atoms in total. The van der Waals surface area contributed by atoms with Gasteiger partial charge in [0.05, 0.1) is 0 Å². The van der Waals surface area contributed by atoms with E-state index in [0.29, 0.717) is 42.0 Å². The molecule has 0 spiro atoms. The summed E-state index contributed by atoms with van der Waals surface area (Å²) in [6, 6.07) is 11.2. The van der Waals surface area contributed by atoms with Crippen LogP contribution >= 0.6 is 22.9 Å². The van der Waals surface area contributed by atoms with Gasteiger partial charge in [-0.2, -0.15) is 0 Å². The summed E-state index contributed by atoms with van der Waals surface area (Å²) in [4.78, 5) is 35.2. The number of carbonyl (C=O) groups excluding carboxylic acids is 2. The number of aromatic nitrogens is 1. The number of benzene rings is 2. The molecule has 0 unspecified atom stereocenters. The molecule has 0 N–H and O–H groups in total. The zero-order chi connectivity index (χ0) is 23.7. The Morgan fingerprint density at radius 1 is 1.03 bits per heavy atom. The zero-order valence-corrected chi connectivity index (χ0v) is 19.8. The summed E-state index contributed by atoms with van der Waals surface area (Å²) in [6.45, 7) is 3.97. The van der Waals surface area contributed by atoms with Gasteiger partial charge in [0.25, 0.3) is 11.8 Å². The van der Waals surface area contributed by atoms with Gasteiger partial charge in [0.2, 0.25) is 0 Å². The first kappa shape index (κ1) is 22.8. The van der Waals surface area contributed by atoms with Crippen molar-refractivity contribution in [3.63, 3.8) is 0 Å². The number of nitrogens with zero attached hydrogens (tertiary/aromatic N) is 4. The van der Waals surface area contributed by atoms with Crippen LogP contribution in [-0.2, 0) is 0 Å². The maximum absolute atomic E-state index is 14.6. The van der Waals surface area contributed by atoms with E-state index >= 15 is 0 Å². The number of amides is 2. The van der Waals surface area contributed by atoms with Crippen molar-refractivity contribution >= 4 is 34.8 Å². The summed E-state index contributed by atoms with van der Waals surface area (Å²) < 4.78 is 20.1. The first-order valence-electron chi connectivity index (χ1n) is 10.9. The summed E-state index contributed by atoms with van der Waals surface area (Å²) in [6.07, 6.45) is 1.64. The number of halogens is 2. The third-order valence-corrected chi connectivity index (χ3v) is 7.08. The maximum Gasteiger partial charge on any atom is 0.282 e. The second-order valence-corrected chi connectivity index (χ2v) is 9.57. The van der Waals surface area contributed by atoms with Crippen LogP contribution in [0, 0.1) is 5.82 Å². The fraction of sp³-hybridized carbons (Fsp3) is 0.292. The average Bonchev–Trinajstić information content (AvgIpc) is 3.34. The van der Waals surface area contributed by atoms with Gasteiger partial charge in [-0.3, -0.25) is 14.5 Å². The van der Waals surface area contributed by atoms with Gasteiger partial charge in [-0.25, -0.2) is 9.37 Å². The number of rotatable bonds is 5. The molecule has 2 aliphatic rings. The fourth-order valence-corrected chi connectivity index (χ4v) is 4.95. The Bertz CT molecular complexity index is 1190. The summed E-state index contributed by atoms with van der Waals surface area (Å²) in [5.41, 5.74) is 0.285. The van der Waals surface area contributed by atoms with Crippen LogP contribution in [0.4, 0.5) is 4.39 Å². The molecule has 10 heteroatoms. The molecule has 5 rings (SSSR count). The summed E-state index contributed by atoms with van der Waals surface area (Å²) in [5.74, 6) is -0.384. The molecule has 176 valence electrons. The third kappa shape index (κ3) is 4.77. The van der Waals surface area contributed by atoms with Crippen molar-refractivity contribution in [2.75, 3.05) is 39.3 Å². The SMILES string of the molecule is O=C(c1ccc(Oc2cccc(Cl)c2)c(F)c1)N1CC(N2CCN(C(=O)c3nccs3)CC2)C1. The lowest BCUT2D eigenvalue weighted by Gasteiger charge is -2.48. The quantitative estimate of drug-likeness (QED) is 0.529. The topological polar surface area (TPSA) is 66.0 Å². The Kier molecular flexibility index (Phi) is 6.49.